The number of anilines is 2. The maximum Gasteiger partial charge on any atom is 0.279 e. The van der Waals surface area contributed by atoms with E-state index in [4.69, 9.17) is 5.73 Å². The van der Waals surface area contributed by atoms with Crippen molar-refractivity contribution < 1.29 is 9.18 Å². The fraction of sp³-hybridized carbons (Fsp3) is 0.250. The highest BCUT2D eigenvalue weighted by molar-refractivity contribution is 6.06. The number of aromatic nitrogens is 3. The number of nitrogens with one attached hydrogen (secondary N) is 2. The number of pyridine rings is 1. The van der Waals surface area contributed by atoms with Crippen molar-refractivity contribution in [1.29, 1.82) is 0 Å². The molecule has 7 heteroatoms. The summed E-state index contributed by atoms with van der Waals surface area (Å²) in [6.45, 7) is 3.86. The van der Waals surface area contributed by atoms with Gasteiger partial charge in [0.15, 0.2) is 5.69 Å². The van der Waals surface area contributed by atoms with Crippen LogP contribution in [0, 0.1) is 5.95 Å². The Morgan fingerprint density at radius 1 is 1.47 bits per heavy atom. The number of aromatic amines is 1. The molecule has 0 aliphatic heterocycles. The molecular formula is C12H14FN5O. The molecule has 6 nitrogen and oxygen atoms in total. The van der Waals surface area contributed by atoms with Gasteiger partial charge in [0.2, 0.25) is 5.95 Å². The molecule has 2 aromatic heterocycles. The molecule has 0 bridgehead atoms. The Labute approximate surface area is 109 Å². The zero-order valence-corrected chi connectivity index (χ0v) is 10.6. The minimum Gasteiger partial charge on any atom is -0.395 e. The van der Waals surface area contributed by atoms with Gasteiger partial charge in [-0.2, -0.15) is 9.49 Å². The number of hydrogen-bond donors (Lipinski definition) is 3. The van der Waals surface area contributed by atoms with Crippen molar-refractivity contribution >= 4 is 17.4 Å². The van der Waals surface area contributed by atoms with Crippen molar-refractivity contribution in [2.75, 3.05) is 11.1 Å². The maximum absolute atomic E-state index is 12.9. The van der Waals surface area contributed by atoms with E-state index >= 15 is 0 Å². The van der Waals surface area contributed by atoms with Gasteiger partial charge in [0.1, 0.15) is 5.82 Å². The Bertz CT molecular complexity index is 608. The lowest BCUT2D eigenvalue weighted by Crippen LogP contribution is -2.15. The molecule has 2 aromatic rings. The molecule has 2 heterocycles. The summed E-state index contributed by atoms with van der Waals surface area (Å²) < 4.78 is 12.9. The average molecular weight is 263 g/mol. The summed E-state index contributed by atoms with van der Waals surface area (Å²) in [5.74, 6) is -0.964. The zero-order valence-electron chi connectivity index (χ0n) is 10.6. The van der Waals surface area contributed by atoms with E-state index in [1.54, 1.807) is 0 Å². The number of halogens is 1. The molecule has 0 saturated carbocycles. The Kier molecular flexibility index (Phi) is 3.46. The monoisotopic (exact) mass is 263 g/mol. The van der Waals surface area contributed by atoms with Crippen molar-refractivity contribution in [3.05, 3.63) is 35.5 Å². The van der Waals surface area contributed by atoms with Gasteiger partial charge in [-0.15, -0.1) is 0 Å². The molecule has 19 heavy (non-hydrogen) atoms. The van der Waals surface area contributed by atoms with Crippen LogP contribution in [0.5, 0.6) is 0 Å². The number of amides is 1. The maximum atomic E-state index is 12.9. The van der Waals surface area contributed by atoms with Gasteiger partial charge in [-0.1, -0.05) is 19.9 Å². The third-order valence-electron chi connectivity index (χ3n) is 2.58. The van der Waals surface area contributed by atoms with Crippen molar-refractivity contribution in [3.63, 3.8) is 0 Å². The number of carbonyl (C=O) groups excluding carboxylic acids is 1. The molecule has 0 aromatic carbocycles. The van der Waals surface area contributed by atoms with Gasteiger partial charge in [0.25, 0.3) is 5.91 Å². The second-order valence-electron chi connectivity index (χ2n) is 4.35. The van der Waals surface area contributed by atoms with Crippen LogP contribution in [-0.4, -0.2) is 21.1 Å². The summed E-state index contributed by atoms with van der Waals surface area (Å²) in [5.41, 5.74) is 6.91. The summed E-state index contributed by atoms with van der Waals surface area (Å²) >= 11 is 0. The topological polar surface area (TPSA) is 96.7 Å². The lowest BCUT2D eigenvalue weighted by Gasteiger charge is -2.04. The van der Waals surface area contributed by atoms with Crippen LogP contribution in [0.25, 0.3) is 0 Å². The lowest BCUT2D eigenvalue weighted by atomic mass is 10.1. The molecule has 0 radical (unpaired) electrons. The quantitative estimate of drug-likeness (QED) is 0.737. The standard InChI is InChI=1S/C12H14FN5O/c1-6(2)10-9(14)11(18-17-10)12(19)16-8-5-3-4-7(13)15-8/h3-6H,14H2,1-2H3,(H,17,18)(H,15,16,19). The van der Waals surface area contributed by atoms with Crippen LogP contribution < -0.4 is 11.1 Å². The van der Waals surface area contributed by atoms with E-state index in [1.165, 1.54) is 18.2 Å². The molecule has 0 aliphatic carbocycles. The largest absolute Gasteiger partial charge is 0.395 e. The smallest absolute Gasteiger partial charge is 0.279 e. The minimum atomic E-state index is -0.671. The van der Waals surface area contributed by atoms with Crippen molar-refractivity contribution in [2.45, 2.75) is 19.8 Å². The van der Waals surface area contributed by atoms with E-state index in [1.807, 2.05) is 13.8 Å². The summed E-state index contributed by atoms with van der Waals surface area (Å²) in [5, 5.41) is 9.03. The van der Waals surface area contributed by atoms with Gasteiger partial charge in [-0.05, 0) is 18.1 Å². The summed E-state index contributed by atoms with van der Waals surface area (Å²) in [4.78, 5) is 15.5. The minimum absolute atomic E-state index is 0.0785. The van der Waals surface area contributed by atoms with Crippen molar-refractivity contribution in [2.24, 2.45) is 0 Å². The Morgan fingerprint density at radius 3 is 2.79 bits per heavy atom. The number of rotatable bonds is 3. The molecule has 2 rings (SSSR count). The molecule has 0 fully saturated rings. The van der Waals surface area contributed by atoms with Gasteiger partial charge in [0.05, 0.1) is 11.4 Å². The Hall–Kier alpha value is -2.44. The van der Waals surface area contributed by atoms with E-state index in [-0.39, 0.29) is 17.4 Å². The summed E-state index contributed by atoms with van der Waals surface area (Å²) in [7, 11) is 0. The molecule has 0 unspecified atom stereocenters. The van der Waals surface area contributed by atoms with Crippen LogP contribution >= 0.6 is 0 Å². The zero-order chi connectivity index (χ0) is 14.0. The summed E-state index contributed by atoms with van der Waals surface area (Å²) in [6, 6.07) is 4.12. The first kappa shape index (κ1) is 13.0. The molecule has 0 saturated heterocycles. The molecule has 0 atom stereocenters. The van der Waals surface area contributed by atoms with Gasteiger partial charge in [0, 0.05) is 0 Å². The third kappa shape index (κ3) is 2.70. The number of nitrogens with zero attached hydrogens (tertiary/aromatic N) is 2. The first-order valence-electron chi connectivity index (χ1n) is 5.76. The van der Waals surface area contributed by atoms with Crippen LogP contribution in [0.1, 0.15) is 35.9 Å². The highest BCUT2D eigenvalue weighted by Crippen LogP contribution is 2.22. The molecule has 1 amide bonds. The first-order valence-corrected chi connectivity index (χ1v) is 5.76. The number of carbonyl (C=O) groups is 1. The van der Waals surface area contributed by atoms with Crippen molar-refractivity contribution in [1.82, 2.24) is 15.2 Å². The second kappa shape index (κ2) is 5.05. The van der Waals surface area contributed by atoms with Crippen LogP contribution in [0.3, 0.4) is 0 Å². The lowest BCUT2D eigenvalue weighted by molar-refractivity contribution is 0.102. The van der Waals surface area contributed by atoms with Gasteiger partial charge in [-0.25, -0.2) is 4.98 Å². The Morgan fingerprint density at radius 2 is 2.21 bits per heavy atom. The molecule has 0 aliphatic rings. The molecule has 4 N–H and O–H groups in total. The number of hydrogen-bond acceptors (Lipinski definition) is 4. The molecule has 100 valence electrons. The number of H-pyrrole nitrogens is 1. The highest BCUT2D eigenvalue weighted by Gasteiger charge is 2.19. The van der Waals surface area contributed by atoms with Gasteiger partial charge >= 0.3 is 0 Å². The van der Waals surface area contributed by atoms with Crippen molar-refractivity contribution in [3.8, 4) is 0 Å². The average Bonchev–Trinajstić information content (AvgIpc) is 2.71. The normalized spacial score (nSPS) is 10.7. The second-order valence-corrected chi connectivity index (χ2v) is 4.35. The number of nitrogens with two attached hydrogens (primary N) is 1. The van der Waals surface area contributed by atoms with Crippen LogP contribution in [0.2, 0.25) is 0 Å². The van der Waals surface area contributed by atoms with E-state index < -0.39 is 11.9 Å². The highest BCUT2D eigenvalue weighted by atomic mass is 19.1. The molecular weight excluding hydrogens is 249 g/mol. The summed E-state index contributed by atoms with van der Waals surface area (Å²) in [6.07, 6.45) is 0. The fourth-order valence-corrected chi connectivity index (χ4v) is 1.63. The van der Waals surface area contributed by atoms with Crippen LogP contribution in [0.15, 0.2) is 18.2 Å². The van der Waals surface area contributed by atoms with Crippen LogP contribution in [0.4, 0.5) is 15.9 Å². The third-order valence-corrected chi connectivity index (χ3v) is 2.58. The SMILES string of the molecule is CC(C)c1[nH]nc(C(=O)Nc2cccc(F)n2)c1N. The van der Waals surface area contributed by atoms with E-state index in [9.17, 15) is 9.18 Å². The Balaban J connectivity index is 2.21. The van der Waals surface area contributed by atoms with E-state index in [0.717, 1.165) is 0 Å². The number of nitrogen functional groups attached to an aromatic ring is 1. The fourth-order valence-electron chi connectivity index (χ4n) is 1.63. The van der Waals surface area contributed by atoms with Crippen LogP contribution in [-0.2, 0) is 0 Å². The van der Waals surface area contributed by atoms with E-state index in [2.05, 4.69) is 20.5 Å². The first-order chi connectivity index (χ1) is 8.99. The predicted octanol–water partition coefficient (Wildman–Crippen LogP) is 1.90. The van der Waals surface area contributed by atoms with E-state index in [0.29, 0.717) is 11.4 Å². The predicted molar refractivity (Wildman–Crippen MR) is 69.2 cm³/mol. The van der Waals surface area contributed by atoms with Gasteiger partial charge < -0.3 is 11.1 Å². The van der Waals surface area contributed by atoms with Gasteiger partial charge in [-0.3, -0.25) is 9.89 Å². The molecule has 0 spiro atoms.